The second-order valence-electron chi connectivity index (χ2n) is 5.99. The van der Waals surface area contributed by atoms with Crippen molar-refractivity contribution in [1.29, 1.82) is 0 Å². The van der Waals surface area contributed by atoms with E-state index in [-0.39, 0.29) is 6.61 Å². The van der Waals surface area contributed by atoms with E-state index in [1.807, 2.05) is 30.4 Å². The van der Waals surface area contributed by atoms with Crippen LogP contribution in [0.15, 0.2) is 40.9 Å². The maximum atomic E-state index is 9.93. The number of aliphatic hydroxyl groups is 2. The lowest BCUT2D eigenvalue weighted by Crippen LogP contribution is -1.98. The van der Waals surface area contributed by atoms with Crippen LogP contribution in [0, 0.1) is 0 Å². The smallest absolute Gasteiger partial charge is 0.127 e. The zero-order valence-electron chi connectivity index (χ0n) is 14.9. The van der Waals surface area contributed by atoms with Crippen LogP contribution in [0.25, 0.3) is 12.2 Å². The molecule has 0 saturated heterocycles. The normalized spacial score (nSPS) is 13.6. The summed E-state index contributed by atoms with van der Waals surface area (Å²) in [6, 6.07) is 3.82. The van der Waals surface area contributed by atoms with Crippen molar-refractivity contribution in [3.63, 3.8) is 0 Å². The average molecular weight is 332 g/mol. The fourth-order valence-corrected chi connectivity index (χ4v) is 2.27. The Kier molecular flexibility index (Phi) is 11.8. The molecule has 0 aliphatic heterocycles. The van der Waals surface area contributed by atoms with Crippen molar-refractivity contribution in [2.75, 3.05) is 6.61 Å². The highest BCUT2D eigenvalue weighted by Gasteiger charge is 1.98. The van der Waals surface area contributed by atoms with Gasteiger partial charge in [0.25, 0.3) is 0 Å². The van der Waals surface area contributed by atoms with Crippen LogP contribution >= 0.6 is 0 Å². The van der Waals surface area contributed by atoms with E-state index < -0.39 is 6.10 Å². The van der Waals surface area contributed by atoms with E-state index in [9.17, 15) is 5.11 Å². The Labute approximate surface area is 146 Å². The third-order valence-electron chi connectivity index (χ3n) is 3.71. The number of hydrogen-bond acceptors (Lipinski definition) is 3. The van der Waals surface area contributed by atoms with Crippen LogP contribution in [0.3, 0.4) is 0 Å². The summed E-state index contributed by atoms with van der Waals surface area (Å²) in [6.45, 7) is 2.45. The molecule has 2 N–H and O–H groups in total. The summed E-state index contributed by atoms with van der Waals surface area (Å²) >= 11 is 0. The zero-order chi connectivity index (χ0) is 17.5. The first-order chi connectivity index (χ1) is 11.8. The molecule has 0 radical (unpaired) electrons. The Hall–Kier alpha value is -1.58. The summed E-state index contributed by atoms with van der Waals surface area (Å²) in [6.07, 6.45) is 19.5. The molecule has 0 amide bonds. The molecule has 1 rings (SSSR count). The molecule has 1 aromatic heterocycles. The number of furan rings is 1. The SMILES string of the molecule is CCCCCC=CCC(O)C=Cc1ccc(C=CCCCCO)o1. The van der Waals surface area contributed by atoms with Crippen molar-refractivity contribution in [2.24, 2.45) is 0 Å². The molecule has 3 nitrogen and oxygen atoms in total. The predicted molar refractivity (Wildman–Crippen MR) is 102 cm³/mol. The number of rotatable bonds is 13. The highest BCUT2D eigenvalue weighted by Crippen LogP contribution is 2.13. The standard InChI is InChI=1S/C21H32O3/c1-2-3-4-5-6-9-12-19(23)14-15-21-17-16-20(24-21)13-10-7-8-11-18-22/h6,9-10,13-17,19,22-23H,2-5,7-8,11-12,18H2,1H3. The minimum absolute atomic E-state index is 0.250. The summed E-state index contributed by atoms with van der Waals surface area (Å²) < 4.78 is 5.66. The topological polar surface area (TPSA) is 53.6 Å². The molecule has 1 heterocycles. The van der Waals surface area contributed by atoms with Gasteiger partial charge in [0.1, 0.15) is 11.5 Å². The van der Waals surface area contributed by atoms with Crippen molar-refractivity contribution < 1.29 is 14.6 Å². The lowest BCUT2D eigenvalue weighted by atomic mass is 10.1. The van der Waals surface area contributed by atoms with Crippen LogP contribution in [-0.4, -0.2) is 22.9 Å². The highest BCUT2D eigenvalue weighted by molar-refractivity contribution is 5.49. The lowest BCUT2D eigenvalue weighted by Gasteiger charge is -2.00. The first kappa shape index (κ1) is 20.5. The molecular formula is C21H32O3. The van der Waals surface area contributed by atoms with Crippen LogP contribution in [0.5, 0.6) is 0 Å². The molecule has 0 aliphatic rings. The molecule has 0 aromatic carbocycles. The Morgan fingerprint density at radius 1 is 0.958 bits per heavy atom. The van der Waals surface area contributed by atoms with Crippen molar-refractivity contribution in [3.8, 4) is 0 Å². The van der Waals surface area contributed by atoms with Crippen molar-refractivity contribution in [2.45, 2.75) is 64.4 Å². The van der Waals surface area contributed by atoms with Gasteiger partial charge in [0.2, 0.25) is 0 Å². The van der Waals surface area contributed by atoms with Gasteiger partial charge in [-0.25, -0.2) is 0 Å². The molecule has 1 atom stereocenters. The Balaban J connectivity index is 2.28. The molecule has 3 heteroatoms. The van der Waals surface area contributed by atoms with E-state index in [4.69, 9.17) is 9.52 Å². The molecule has 0 saturated carbocycles. The average Bonchev–Trinajstić information content (AvgIpc) is 3.04. The Morgan fingerprint density at radius 3 is 2.42 bits per heavy atom. The van der Waals surface area contributed by atoms with Crippen LogP contribution in [0.4, 0.5) is 0 Å². The van der Waals surface area contributed by atoms with E-state index >= 15 is 0 Å². The van der Waals surface area contributed by atoms with Crippen LogP contribution in [-0.2, 0) is 0 Å². The lowest BCUT2D eigenvalue weighted by molar-refractivity contribution is 0.227. The summed E-state index contributed by atoms with van der Waals surface area (Å²) in [7, 11) is 0. The number of aliphatic hydroxyl groups excluding tert-OH is 2. The summed E-state index contributed by atoms with van der Waals surface area (Å²) in [5, 5.41) is 18.6. The molecule has 0 fully saturated rings. The largest absolute Gasteiger partial charge is 0.457 e. The Morgan fingerprint density at radius 2 is 1.67 bits per heavy atom. The van der Waals surface area contributed by atoms with E-state index in [0.29, 0.717) is 6.42 Å². The second kappa shape index (κ2) is 13.8. The molecular weight excluding hydrogens is 300 g/mol. The number of hydrogen-bond donors (Lipinski definition) is 2. The molecule has 0 aliphatic carbocycles. The molecule has 1 unspecified atom stereocenters. The summed E-state index contributed by atoms with van der Waals surface area (Å²) in [4.78, 5) is 0. The van der Waals surface area contributed by atoms with E-state index in [0.717, 1.165) is 37.2 Å². The molecule has 0 spiro atoms. The molecule has 134 valence electrons. The van der Waals surface area contributed by atoms with Gasteiger partial charge >= 0.3 is 0 Å². The monoisotopic (exact) mass is 332 g/mol. The van der Waals surface area contributed by atoms with Crippen molar-refractivity contribution >= 4 is 12.2 Å². The fourth-order valence-electron chi connectivity index (χ4n) is 2.27. The fraction of sp³-hybridized carbons (Fsp3) is 0.524. The van der Waals surface area contributed by atoms with Gasteiger partial charge in [-0.1, -0.05) is 44.1 Å². The maximum Gasteiger partial charge on any atom is 0.127 e. The van der Waals surface area contributed by atoms with Gasteiger partial charge in [-0.3, -0.25) is 0 Å². The zero-order valence-corrected chi connectivity index (χ0v) is 14.9. The first-order valence-electron chi connectivity index (χ1n) is 9.14. The molecule has 24 heavy (non-hydrogen) atoms. The van der Waals surface area contributed by atoms with Gasteiger partial charge in [-0.15, -0.1) is 0 Å². The van der Waals surface area contributed by atoms with Gasteiger partial charge in [-0.05, 0) is 62.8 Å². The minimum atomic E-state index is -0.477. The third kappa shape index (κ3) is 10.2. The van der Waals surface area contributed by atoms with Gasteiger partial charge < -0.3 is 14.6 Å². The summed E-state index contributed by atoms with van der Waals surface area (Å²) in [5.74, 6) is 1.56. The van der Waals surface area contributed by atoms with Crippen LogP contribution in [0.2, 0.25) is 0 Å². The quantitative estimate of drug-likeness (QED) is 0.378. The second-order valence-corrected chi connectivity index (χ2v) is 5.99. The molecule has 1 aromatic rings. The maximum absolute atomic E-state index is 9.93. The van der Waals surface area contributed by atoms with E-state index in [2.05, 4.69) is 19.1 Å². The van der Waals surface area contributed by atoms with Gasteiger partial charge in [0.05, 0.1) is 6.10 Å². The van der Waals surface area contributed by atoms with E-state index in [1.165, 1.54) is 19.3 Å². The van der Waals surface area contributed by atoms with Gasteiger partial charge in [0.15, 0.2) is 0 Å². The Bertz CT molecular complexity index is 497. The van der Waals surface area contributed by atoms with Crippen molar-refractivity contribution in [3.05, 3.63) is 48.0 Å². The number of unbranched alkanes of at least 4 members (excludes halogenated alkanes) is 5. The van der Waals surface area contributed by atoms with Gasteiger partial charge in [0, 0.05) is 6.61 Å². The molecule has 0 bridgehead atoms. The number of allylic oxidation sites excluding steroid dienone is 2. The predicted octanol–water partition coefficient (Wildman–Crippen LogP) is 5.36. The van der Waals surface area contributed by atoms with Crippen LogP contribution < -0.4 is 0 Å². The first-order valence-corrected chi connectivity index (χ1v) is 9.14. The van der Waals surface area contributed by atoms with Crippen LogP contribution in [0.1, 0.15) is 69.8 Å². The van der Waals surface area contributed by atoms with Gasteiger partial charge in [-0.2, -0.15) is 0 Å². The van der Waals surface area contributed by atoms with E-state index in [1.54, 1.807) is 6.08 Å². The summed E-state index contributed by atoms with van der Waals surface area (Å²) in [5.41, 5.74) is 0. The minimum Gasteiger partial charge on any atom is -0.457 e. The third-order valence-corrected chi connectivity index (χ3v) is 3.71. The van der Waals surface area contributed by atoms with Crippen molar-refractivity contribution in [1.82, 2.24) is 0 Å². The highest BCUT2D eigenvalue weighted by atomic mass is 16.3.